The number of carbonyl (C=O) groups excluding carboxylic acids is 1. The first kappa shape index (κ1) is 8.59. The quantitative estimate of drug-likeness (QED) is 0.554. The van der Waals surface area contributed by atoms with Gasteiger partial charge in [-0.15, -0.1) is 0 Å². The Hall–Kier alpha value is -1.51. The zero-order valence-corrected chi connectivity index (χ0v) is 7.09. The molecular weight excluding hydrogens is 156 g/mol. The highest BCUT2D eigenvalue weighted by molar-refractivity contribution is 5.92. The molecule has 12 heavy (non-hydrogen) atoms. The maximum atomic E-state index is 11.0. The van der Waals surface area contributed by atoms with E-state index in [4.69, 9.17) is 4.74 Å². The van der Waals surface area contributed by atoms with Crippen LogP contribution in [0.25, 0.3) is 0 Å². The molecule has 0 amide bonds. The van der Waals surface area contributed by atoms with Gasteiger partial charge in [-0.25, -0.2) is 4.79 Å². The predicted octanol–water partition coefficient (Wildman–Crippen LogP) is 1.53. The summed E-state index contributed by atoms with van der Waals surface area (Å²) < 4.78 is 9.66. The molecule has 3 heteroatoms. The van der Waals surface area contributed by atoms with Crippen LogP contribution in [0.2, 0.25) is 0 Å². The number of hydrogen-bond acceptors (Lipinski definition) is 3. The SMILES string of the molecule is C=C1C=CC(C(=O)OC)=C(C)O1. The van der Waals surface area contributed by atoms with E-state index >= 15 is 0 Å². The predicted molar refractivity (Wildman–Crippen MR) is 44.1 cm³/mol. The summed E-state index contributed by atoms with van der Waals surface area (Å²) in [5, 5.41) is 0. The van der Waals surface area contributed by atoms with Crippen LogP contribution in [0.1, 0.15) is 6.92 Å². The van der Waals surface area contributed by atoms with Gasteiger partial charge in [0.25, 0.3) is 0 Å². The molecule has 0 unspecified atom stereocenters. The van der Waals surface area contributed by atoms with Crippen LogP contribution in [-0.4, -0.2) is 13.1 Å². The number of esters is 1. The van der Waals surface area contributed by atoms with Crippen LogP contribution in [-0.2, 0) is 14.3 Å². The molecule has 1 rings (SSSR count). The molecule has 0 atom stereocenters. The van der Waals surface area contributed by atoms with Gasteiger partial charge in [-0.2, -0.15) is 0 Å². The van der Waals surface area contributed by atoms with Crippen LogP contribution >= 0.6 is 0 Å². The Bertz CT molecular complexity index is 284. The van der Waals surface area contributed by atoms with Crippen molar-refractivity contribution >= 4 is 5.97 Å². The van der Waals surface area contributed by atoms with E-state index in [1.807, 2.05) is 0 Å². The second-order valence-corrected chi connectivity index (χ2v) is 2.36. The Morgan fingerprint density at radius 3 is 2.75 bits per heavy atom. The van der Waals surface area contributed by atoms with Crippen LogP contribution in [0.15, 0.2) is 35.8 Å². The molecule has 1 aliphatic rings. The molecule has 0 saturated carbocycles. The van der Waals surface area contributed by atoms with Gasteiger partial charge in [0, 0.05) is 0 Å². The van der Waals surface area contributed by atoms with Crippen molar-refractivity contribution in [1.29, 1.82) is 0 Å². The van der Waals surface area contributed by atoms with Crippen molar-refractivity contribution in [2.75, 3.05) is 7.11 Å². The lowest BCUT2D eigenvalue weighted by Gasteiger charge is -2.13. The minimum atomic E-state index is -0.392. The smallest absolute Gasteiger partial charge is 0.341 e. The highest BCUT2D eigenvalue weighted by atomic mass is 16.5. The average Bonchev–Trinajstić information content (AvgIpc) is 2.03. The van der Waals surface area contributed by atoms with Crippen molar-refractivity contribution in [2.24, 2.45) is 0 Å². The summed E-state index contributed by atoms with van der Waals surface area (Å²) in [7, 11) is 1.33. The summed E-state index contributed by atoms with van der Waals surface area (Å²) >= 11 is 0. The molecule has 0 saturated heterocycles. The van der Waals surface area contributed by atoms with Crippen molar-refractivity contribution in [2.45, 2.75) is 6.92 Å². The fourth-order valence-electron chi connectivity index (χ4n) is 0.901. The lowest BCUT2D eigenvalue weighted by molar-refractivity contribution is -0.135. The van der Waals surface area contributed by atoms with Gasteiger partial charge in [0.05, 0.1) is 12.7 Å². The van der Waals surface area contributed by atoms with Crippen LogP contribution < -0.4 is 0 Å². The molecular formula is C9H10O3. The summed E-state index contributed by atoms with van der Waals surface area (Å²) in [6, 6.07) is 0. The third-order valence-electron chi connectivity index (χ3n) is 1.50. The molecule has 1 aliphatic heterocycles. The summed E-state index contributed by atoms with van der Waals surface area (Å²) in [6.07, 6.45) is 3.26. The van der Waals surface area contributed by atoms with E-state index in [9.17, 15) is 4.79 Å². The molecule has 0 fully saturated rings. The fraction of sp³-hybridized carbons (Fsp3) is 0.222. The maximum Gasteiger partial charge on any atom is 0.341 e. The summed E-state index contributed by atoms with van der Waals surface area (Å²) in [5.74, 6) is 0.658. The van der Waals surface area contributed by atoms with Crippen LogP contribution in [0.4, 0.5) is 0 Å². The third kappa shape index (κ3) is 1.56. The van der Waals surface area contributed by atoms with Gasteiger partial charge >= 0.3 is 5.97 Å². The second-order valence-electron chi connectivity index (χ2n) is 2.36. The number of carbonyl (C=O) groups is 1. The third-order valence-corrected chi connectivity index (χ3v) is 1.50. The minimum absolute atomic E-state index is 0.392. The Labute approximate surface area is 71.0 Å². The van der Waals surface area contributed by atoms with Crippen LogP contribution in [0.3, 0.4) is 0 Å². The molecule has 0 aliphatic carbocycles. The van der Waals surface area contributed by atoms with Crippen molar-refractivity contribution in [1.82, 2.24) is 0 Å². The first-order valence-electron chi connectivity index (χ1n) is 3.49. The first-order chi connectivity index (χ1) is 5.65. The minimum Gasteiger partial charge on any atom is -0.465 e. The number of allylic oxidation sites excluding steroid dienone is 2. The molecule has 64 valence electrons. The summed E-state index contributed by atoms with van der Waals surface area (Å²) in [5.41, 5.74) is 0.435. The molecule has 0 N–H and O–H groups in total. The Morgan fingerprint density at radius 2 is 2.25 bits per heavy atom. The van der Waals surface area contributed by atoms with Crippen molar-refractivity contribution in [3.8, 4) is 0 Å². The first-order valence-corrected chi connectivity index (χ1v) is 3.49. The Morgan fingerprint density at radius 1 is 1.58 bits per heavy atom. The molecule has 0 radical (unpaired) electrons. The van der Waals surface area contributed by atoms with Gasteiger partial charge in [-0.1, -0.05) is 6.58 Å². The highest BCUT2D eigenvalue weighted by Gasteiger charge is 2.15. The van der Waals surface area contributed by atoms with Crippen molar-refractivity contribution in [3.63, 3.8) is 0 Å². The van der Waals surface area contributed by atoms with E-state index in [0.29, 0.717) is 17.1 Å². The van der Waals surface area contributed by atoms with E-state index in [-0.39, 0.29) is 0 Å². The topological polar surface area (TPSA) is 35.5 Å². The van der Waals surface area contributed by atoms with E-state index < -0.39 is 5.97 Å². The van der Waals surface area contributed by atoms with E-state index in [0.717, 1.165) is 0 Å². The Balaban J connectivity index is 2.91. The van der Waals surface area contributed by atoms with Gasteiger partial charge in [0.1, 0.15) is 11.5 Å². The van der Waals surface area contributed by atoms with E-state index in [2.05, 4.69) is 11.3 Å². The zero-order chi connectivity index (χ0) is 9.14. The standard InChI is InChI=1S/C9H10O3/c1-6-4-5-8(7(2)12-6)9(10)11-3/h4-5H,1H2,2-3H3. The largest absolute Gasteiger partial charge is 0.465 e. The van der Waals surface area contributed by atoms with Crippen molar-refractivity contribution in [3.05, 3.63) is 35.8 Å². The van der Waals surface area contributed by atoms with Gasteiger partial charge in [-0.3, -0.25) is 0 Å². The molecule has 0 bridgehead atoms. The maximum absolute atomic E-state index is 11.0. The summed E-state index contributed by atoms with van der Waals surface area (Å²) in [6.45, 7) is 5.28. The number of rotatable bonds is 1. The molecule has 0 aromatic heterocycles. The lowest BCUT2D eigenvalue weighted by atomic mass is 10.2. The van der Waals surface area contributed by atoms with Crippen LogP contribution in [0, 0.1) is 0 Å². The Kier molecular flexibility index (Phi) is 2.33. The molecule has 0 aromatic carbocycles. The van der Waals surface area contributed by atoms with E-state index in [1.165, 1.54) is 7.11 Å². The average molecular weight is 166 g/mol. The molecule has 0 spiro atoms. The lowest BCUT2D eigenvalue weighted by Crippen LogP contribution is -2.08. The fourth-order valence-corrected chi connectivity index (χ4v) is 0.901. The molecule has 3 nitrogen and oxygen atoms in total. The molecule has 1 heterocycles. The number of ether oxygens (including phenoxy) is 2. The molecule has 0 aromatic rings. The second kappa shape index (κ2) is 3.26. The van der Waals surface area contributed by atoms with Crippen LogP contribution in [0.5, 0.6) is 0 Å². The van der Waals surface area contributed by atoms with Gasteiger partial charge in [-0.05, 0) is 19.1 Å². The van der Waals surface area contributed by atoms with Gasteiger partial charge < -0.3 is 9.47 Å². The zero-order valence-electron chi connectivity index (χ0n) is 7.09. The van der Waals surface area contributed by atoms with Gasteiger partial charge in [0.15, 0.2) is 0 Å². The van der Waals surface area contributed by atoms with Gasteiger partial charge in [0.2, 0.25) is 0 Å². The van der Waals surface area contributed by atoms with E-state index in [1.54, 1.807) is 19.1 Å². The monoisotopic (exact) mass is 166 g/mol. The highest BCUT2D eigenvalue weighted by Crippen LogP contribution is 2.18. The van der Waals surface area contributed by atoms with Crippen molar-refractivity contribution < 1.29 is 14.3 Å². The summed E-state index contributed by atoms with van der Waals surface area (Å²) in [4.78, 5) is 11.0. The number of methoxy groups -OCH3 is 1. The number of hydrogen-bond donors (Lipinski definition) is 0. The normalized spacial score (nSPS) is 16.0.